The number of amides is 1. The van der Waals surface area contributed by atoms with Crippen LogP contribution in [0.5, 0.6) is 0 Å². The van der Waals surface area contributed by atoms with Crippen molar-refractivity contribution in [2.75, 3.05) is 10.6 Å². The molecule has 164 valence electrons. The second kappa shape index (κ2) is 8.35. The topological polar surface area (TPSA) is 71.8 Å². The average molecular weight is 439 g/mol. The van der Waals surface area contributed by atoms with Crippen LogP contribution in [0.3, 0.4) is 0 Å². The van der Waals surface area contributed by atoms with E-state index in [-0.39, 0.29) is 12.0 Å². The number of rotatable bonds is 4. The first-order chi connectivity index (χ1) is 16.0. The molecule has 5 rings (SSSR count). The summed E-state index contributed by atoms with van der Waals surface area (Å²) in [6.45, 7) is 4.10. The highest BCUT2D eigenvalue weighted by molar-refractivity contribution is 6.03. The Kier molecular flexibility index (Phi) is 5.22. The van der Waals surface area contributed by atoms with Gasteiger partial charge in [0.1, 0.15) is 11.9 Å². The van der Waals surface area contributed by atoms with E-state index in [1.165, 1.54) is 35.4 Å². The Morgan fingerprint density at radius 2 is 1.58 bits per heavy atom. The molecule has 1 atom stereocenters. The molecular formula is C26H22FN5O. The molecule has 0 aliphatic carbocycles. The highest BCUT2D eigenvalue weighted by atomic mass is 19.1. The third-order valence-corrected chi connectivity index (χ3v) is 5.58. The normalized spacial score (nSPS) is 14.8. The summed E-state index contributed by atoms with van der Waals surface area (Å²) in [5.41, 5.74) is 5.67. The minimum absolute atomic E-state index is 0.169. The van der Waals surface area contributed by atoms with Gasteiger partial charge < -0.3 is 5.32 Å². The highest BCUT2D eigenvalue weighted by Crippen LogP contribution is 2.33. The highest BCUT2D eigenvalue weighted by Gasteiger charge is 2.26. The van der Waals surface area contributed by atoms with Crippen LogP contribution in [0, 0.1) is 19.7 Å². The van der Waals surface area contributed by atoms with Gasteiger partial charge in [0.05, 0.1) is 0 Å². The maximum atomic E-state index is 13.2. The van der Waals surface area contributed by atoms with Crippen LogP contribution in [0.2, 0.25) is 0 Å². The van der Waals surface area contributed by atoms with Crippen molar-refractivity contribution >= 4 is 23.5 Å². The molecule has 0 saturated carbocycles. The first-order valence-corrected chi connectivity index (χ1v) is 10.6. The van der Waals surface area contributed by atoms with Crippen molar-refractivity contribution < 1.29 is 9.18 Å². The number of aryl methyl sites for hydroxylation is 2. The molecule has 0 saturated heterocycles. The number of aromatic nitrogens is 3. The monoisotopic (exact) mass is 439 g/mol. The lowest BCUT2D eigenvalue weighted by molar-refractivity contribution is 0.102. The number of halogens is 1. The van der Waals surface area contributed by atoms with Crippen molar-refractivity contribution in [3.05, 3.63) is 113 Å². The van der Waals surface area contributed by atoms with Gasteiger partial charge in [0.15, 0.2) is 0 Å². The van der Waals surface area contributed by atoms with E-state index in [2.05, 4.69) is 75.3 Å². The van der Waals surface area contributed by atoms with E-state index in [0.29, 0.717) is 11.5 Å². The molecule has 33 heavy (non-hydrogen) atoms. The van der Waals surface area contributed by atoms with Gasteiger partial charge in [-0.1, -0.05) is 59.7 Å². The molecule has 0 bridgehead atoms. The zero-order valence-electron chi connectivity index (χ0n) is 18.2. The molecule has 1 amide bonds. The third kappa shape index (κ3) is 4.25. The largest absolute Gasteiger partial charge is 0.324 e. The van der Waals surface area contributed by atoms with Gasteiger partial charge in [0.2, 0.25) is 5.95 Å². The molecule has 4 aromatic rings. The molecule has 2 N–H and O–H groups in total. The van der Waals surface area contributed by atoms with Crippen LogP contribution >= 0.6 is 0 Å². The zero-order chi connectivity index (χ0) is 22.9. The summed E-state index contributed by atoms with van der Waals surface area (Å²) in [4.78, 5) is 17.1. The molecule has 2 heterocycles. The Labute approximate surface area is 190 Å². The van der Waals surface area contributed by atoms with Gasteiger partial charge in [-0.15, -0.1) is 5.10 Å². The van der Waals surface area contributed by atoms with E-state index < -0.39 is 11.7 Å². The van der Waals surface area contributed by atoms with Crippen LogP contribution in [0.25, 0.3) is 5.70 Å². The molecule has 0 fully saturated rings. The van der Waals surface area contributed by atoms with Gasteiger partial charge in [0, 0.05) is 11.3 Å². The molecule has 1 aromatic heterocycles. The molecule has 0 spiro atoms. The maximum absolute atomic E-state index is 13.2. The van der Waals surface area contributed by atoms with Crippen molar-refractivity contribution in [1.82, 2.24) is 14.8 Å². The van der Waals surface area contributed by atoms with Crippen LogP contribution in [0.4, 0.5) is 16.3 Å². The number of anilines is 2. The molecule has 0 radical (unpaired) electrons. The van der Waals surface area contributed by atoms with Gasteiger partial charge in [-0.3, -0.25) is 10.1 Å². The Hall–Kier alpha value is -4.26. The Bertz CT molecular complexity index is 1340. The van der Waals surface area contributed by atoms with Crippen molar-refractivity contribution in [3.63, 3.8) is 0 Å². The van der Waals surface area contributed by atoms with Crippen molar-refractivity contribution in [2.24, 2.45) is 0 Å². The number of hydrogen-bond acceptors (Lipinski definition) is 4. The first kappa shape index (κ1) is 20.6. The van der Waals surface area contributed by atoms with Gasteiger partial charge in [-0.05, 0) is 55.3 Å². The summed E-state index contributed by atoms with van der Waals surface area (Å²) in [5, 5.41) is 10.6. The fourth-order valence-corrected chi connectivity index (χ4v) is 3.72. The number of benzene rings is 3. The average Bonchev–Trinajstić information content (AvgIpc) is 3.22. The maximum Gasteiger partial charge on any atom is 0.258 e. The predicted molar refractivity (Wildman–Crippen MR) is 126 cm³/mol. The summed E-state index contributed by atoms with van der Waals surface area (Å²) < 4.78 is 14.9. The van der Waals surface area contributed by atoms with Crippen LogP contribution < -0.4 is 10.6 Å². The number of hydrogen-bond donors (Lipinski definition) is 2. The fourth-order valence-electron chi connectivity index (χ4n) is 3.72. The first-order valence-electron chi connectivity index (χ1n) is 10.6. The van der Waals surface area contributed by atoms with Crippen LogP contribution in [0.15, 0.2) is 78.9 Å². The third-order valence-electron chi connectivity index (χ3n) is 5.58. The predicted octanol–water partition coefficient (Wildman–Crippen LogP) is 5.34. The van der Waals surface area contributed by atoms with E-state index in [1.807, 2.05) is 13.8 Å². The lowest BCUT2D eigenvalue weighted by Gasteiger charge is -2.24. The Balaban J connectivity index is 1.50. The number of allylic oxidation sites excluding steroid dienone is 1. The van der Waals surface area contributed by atoms with Crippen LogP contribution in [-0.4, -0.2) is 20.7 Å². The standard InChI is InChI=1S/C26H22FN5O/c1-16-3-7-18(8-4-16)22-15-23(19-9-5-17(2)6-10-19)32-26(28-22)30-25(31-32)29-24(33)20-11-13-21(27)14-12-20/h3-15,23H,1-2H3,(H2,28,29,30,31,33). The zero-order valence-corrected chi connectivity index (χ0v) is 18.2. The minimum atomic E-state index is -0.406. The second-order valence-electron chi connectivity index (χ2n) is 8.09. The number of carbonyl (C=O) groups excluding carboxylic acids is 1. The van der Waals surface area contributed by atoms with E-state index in [9.17, 15) is 9.18 Å². The van der Waals surface area contributed by atoms with Crippen molar-refractivity contribution in [2.45, 2.75) is 19.9 Å². The number of nitrogens with one attached hydrogen (secondary N) is 2. The molecule has 7 heteroatoms. The van der Waals surface area contributed by atoms with Crippen LogP contribution in [-0.2, 0) is 0 Å². The van der Waals surface area contributed by atoms with E-state index in [1.54, 1.807) is 4.68 Å². The molecule has 1 aliphatic heterocycles. The lowest BCUT2D eigenvalue weighted by atomic mass is 10.0. The summed E-state index contributed by atoms with van der Waals surface area (Å²) >= 11 is 0. The summed E-state index contributed by atoms with van der Waals surface area (Å²) in [6, 6.07) is 21.6. The van der Waals surface area contributed by atoms with Crippen molar-refractivity contribution in [1.29, 1.82) is 0 Å². The summed E-state index contributed by atoms with van der Waals surface area (Å²) in [7, 11) is 0. The van der Waals surface area contributed by atoms with Gasteiger partial charge in [-0.25, -0.2) is 9.07 Å². The molecule has 6 nitrogen and oxygen atoms in total. The number of nitrogens with zero attached hydrogens (tertiary/aromatic N) is 3. The SMILES string of the molecule is Cc1ccc(C2=CC(c3ccc(C)cc3)n3nc(NC(=O)c4ccc(F)cc4)nc3N2)cc1. The Morgan fingerprint density at radius 1 is 0.939 bits per heavy atom. The fraction of sp³-hybridized carbons (Fsp3) is 0.115. The van der Waals surface area contributed by atoms with Crippen LogP contribution in [0.1, 0.15) is 38.7 Å². The van der Waals surface area contributed by atoms with E-state index >= 15 is 0 Å². The van der Waals surface area contributed by atoms with E-state index in [4.69, 9.17) is 0 Å². The lowest BCUT2D eigenvalue weighted by Crippen LogP contribution is -2.20. The summed E-state index contributed by atoms with van der Waals surface area (Å²) in [6.07, 6.45) is 2.10. The van der Waals surface area contributed by atoms with Gasteiger partial charge in [-0.2, -0.15) is 4.98 Å². The van der Waals surface area contributed by atoms with Gasteiger partial charge >= 0.3 is 0 Å². The molecule has 3 aromatic carbocycles. The van der Waals surface area contributed by atoms with Gasteiger partial charge in [0.25, 0.3) is 11.9 Å². The molecular weight excluding hydrogens is 417 g/mol. The molecule has 1 unspecified atom stereocenters. The quantitative estimate of drug-likeness (QED) is 0.450. The summed E-state index contributed by atoms with van der Waals surface area (Å²) in [5.74, 6) is -0.117. The van der Waals surface area contributed by atoms with E-state index in [0.717, 1.165) is 16.8 Å². The Morgan fingerprint density at radius 3 is 2.24 bits per heavy atom. The second-order valence-corrected chi connectivity index (χ2v) is 8.09. The number of fused-ring (bicyclic) bond motifs is 1. The smallest absolute Gasteiger partial charge is 0.258 e. The molecule has 1 aliphatic rings. The van der Waals surface area contributed by atoms with Crippen molar-refractivity contribution in [3.8, 4) is 0 Å². The minimum Gasteiger partial charge on any atom is -0.324 e. The number of carbonyl (C=O) groups is 1.